The zero-order valence-corrected chi connectivity index (χ0v) is 16.9. The summed E-state index contributed by atoms with van der Waals surface area (Å²) in [5, 5.41) is 12.3. The van der Waals surface area contributed by atoms with Crippen LogP contribution in [0, 0.1) is 0 Å². The van der Waals surface area contributed by atoms with Gasteiger partial charge in [-0.3, -0.25) is 9.20 Å². The molecule has 1 atom stereocenters. The van der Waals surface area contributed by atoms with Gasteiger partial charge in [0.2, 0.25) is 0 Å². The summed E-state index contributed by atoms with van der Waals surface area (Å²) in [6.45, 7) is -0.159. The van der Waals surface area contributed by atoms with Gasteiger partial charge in [0, 0.05) is 11.2 Å². The molecule has 3 rings (SSSR count). The van der Waals surface area contributed by atoms with Crippen molar-refractivity contribution in [3.63, 3.8) is 0 Å². The van der Waals surface area contributed by atoms with Gasteiger partial charge in [-0.2, -0.15) is 11.8 Å². The lowest BCUT2D eigenvalue weighted by molar-refractivity contribution is -0.123. The number of halogens is 2. The van der Waals surface area contributed by atoms with Crippen molar-refractivity contribution in [1.82, 2.24) is 19.9 Å². The quantitative estimate of drug-likeness (QED) is 0.590. The Kier molecular flexibility index (Phi) is 6.82. The molecule has 0 unspecified atom stereocenters. The Labute approximate surface area is 171 Å². The lowest BCUT2D eigenvalue weighted by atomic mass is 10.2. The molecule has 6 nitrogen and oxygen atoms in total. The molecule has 2 aromatic heterocycles. The molecule has 142 valence electrons. The molecule has 1 amide bonds. The molecule has 2 heterocycles. The number of aromatic nitrogens is 3. The van der Waals surface area contributed by atoms with E-state index in [2.05, 4.69) is 15.5 Å². The van der Waals surface area contributed by atoms with E-state index in [9.17, 15) is 4.79 Å². The third-order valence-corrected chi connectivity index (χ3v) is 5.02. The maximum atomic E-state index is 12.4. The van der Waals surface area contributed by atoms with Gasteiger partial charge in [-0.25, -0.2) is 0 Å². The minimum Gasteiger partial charge on any atom is -0.482 e. The number of nitrogens with zero attached hydrogens (tertiary/aromatic N) is 3. The van der Waals surface area contributed by atoms with Crippen molar-refractivity contribution in [2.45, 2.75) is 12.5 Å². The van der Waals surface area contributed by atoms with E-state index in [-0.39, 0.29) is 18.6 Å². The Morgan fingerprint density at radius 3 is 2.93 bits per heavy atom. The van der Waals surface area contributed by atoms with Crippen molar-refractivity contribution in [2.75, 3.05) is 18.6 Å². The Bertz CT molecular complexity index is 935. The molecular weight excluding hydrogens is 407 g/mol. The zero-order chi connectivity index (χ0) is 19.2. The Hall–Kier alpha value is -1.96. The van der Waals surface area contributed by atoms with Crippen LogP contribution in [0.25, 0.3) is 5.65 Å². The molecule has 0 bridgehead atoms. The van der Waals surface area contributed by atoms with Crippen LogP contribution in [-0.2, 0) is 4.79 Å². The molecule has 0 radical (unpaired) electrons. The topological polar surface area (TPSA) is 68.5 Å². The average Bonchev–Trinajstić information content (AvgIpc) is 3.08. The van der Waals surface area contributed by atoms with E-state index >= 15 is 0 Å². The average molecular weight is 425 g/mol. The molecule has 0 fully saturated rings. The number of benzene rings is 1. The van der Waals surface area contributed by atoms with Gasteiger partial charge in [0.25, 0.3) is 5.91 Å². The molecule has 0 spiro atoms. The van der Waals surface area contributed by atoms with Crippen molar-refractivity contribution < 1.29 is 9.53 Å². The highest BCUT2D eigenvalue weighted by Crippen LogP contribution is 2.27. The summed E-state index contributed by atoms with van der Waals surface area (Å²) >= 11 is 13.6. The summed E-state index contributed by atoms with van der Waals surface area (Å²) < 4.78 is 7.39. The number of pyridine rings is 1. The van der Waals surface area contributed by atoms with E-state index in [0.29, 0.717) is 21.6 Å². The van der Waals surface area contributed by atoms with E-state index in [0.717, 1.165) is 17.8 Å². The predicted octanol–water partition coefficient (Wildman–Crippen LogP) is 4.03. The highest BCUT2D eigenvalue weighted by atomic mass is 35.5. The molecule has 0 aliphatic carbocycles. The predicted molar refractivity (Wildman–Crippen MR) is 109 cm³/mol. The van der Waals surface area contributed by atoms with Gasteiger partial charge in [0.15, 0.2) is 18.1 Å². The first-order valence-corrected chi connectivity index (χ1v) is 10.4. The molecule has 0 aliphatic heterocycles. The highest BCUT2D eigenvalue weighted by Gasteiger charge is 2.20. The second kappa shape index (κ2) is 9.30. The minimum atomic E-state index is -0.272. The summed E-state index contributed by atoms with van der Waals surface area (Å²) in [6.07, 6.45) is 4.63. The second-order valence-electron chi connectivity index (χ2n) is 5.75. The van der Waals surface area contributed by atoms with Crippen molar-refractivity contribution >= 4 is 46.5 Å². The summed E-state index contributed by atoms with van der Waals surface area (Å²) in [7, 11) is 0. The Morgan fingerprint density at radius 2 is 2.15 bits per heavy atom. The van der Waals surface area contributed by atoms with Crippen molar-refractivity contribution in [3.8, 4) is 5.75 Å². The molecule has 9 heteroatoms. The van der Waals surface area contributed by atoms with Crippen molar-refractivity contribution in [2.24, 2.45) is 0 Å². The van der Waals surface area contributed by atoms with E-state index < -0.39 is 0 Å². The van der Waals surface area contributed by atoms with Gasteiger partial charge in [-0.15, -0.1) is 10.2 Å². The van der Waals surface area contributed by atoms with Crippen LogP contribution in [0.2, 0.25) is 10.0 Å². The number of amides is 1. The number of carbonyl (C=O) groups excluding carboxylic acids is 1. The number of rotatable bonds is 8. The van der Waals surface area contributed by atoms with E-state index in [4.69, 9.17) is 27.9 Å². The van der Waals surface area contributed by atoms with Gasteiger partial charge in [0.05, 0.1) is 11.1 Å². The zero-order valence-electron chi connectivity index (χ0n) is 14.6. The third kappa shape index (κ3) is 5.06. The maximum absolute atomic E-state index is 12.4. The van der Waals surface area contributed by atoms with Gasteiger partial charge >= 0.3 is 0 Å². The van der Waals surface area contributed by atoms with Gasteiger partial charge in [-0.1, -0.05) is 29.3 Å². The van der Waals surface area contributed by atoms with Crippen LogP contribution >= 0.6 is 35.0 Å². The first-order valence-electron chi connectivity index (χ1n) is 8.24. The number of fused-ring (bicyclic) bond motifs is 1. The van der Waals surface area contributed by atoms with Gasteiger partial charge < -0.3 is 10.1 Å². The summed E-state index contributed by atoms with van der Waals surface area (Å²) in [6, 6.07) is 10.3. The van der Waals surface area contributed by atoms with Crippen LogP contribution in [0.15, 0.2) is 42.6 Å². The van der Waals surface area contributed by atoms with Crippen LogP contribution in [0.3, 0.4) is 0 Å². The number of carbonyl (C=O) groups is 1. The number of hydrogen-bond donors (Lipinski definition) is 1. The summed E-state index contributed by atoms with van der Waals surface area (Å²) in [4.78, 5) is 12.4. The van der Waals surface area contributed by atoms with Crippen molar-refractivity contribution in [1.29, 1.82) is 0 Å². The highest BCUT2D eigenvalue weighted by molar-refractivity contribution is 7.98. The molecular formula is C18H18Cl2N4O2S. The van der Waals surface area contributed by atoms with Crippen LogP contribution in [0.1, 0.15) is 18.3 Å². The molecule has 27 heavy (non-hydrogen) atoms. The lowest BCUT2D eigenvalue weighted by Gasteiger charge is -2.17. The fourth-order valence-corrected chi connectivity index (χ4v) is 3.51. The third-order valence-electron chi connectivity index (χ3n) is 3.85. The van der Waals surface area contributed by atoms with Gasteiger partial charge in [0.1, 0.15) is 5.75 Å². The standard InChI is InChI=1S/C18H18Cl2N4O2S/c1-27-9-7-14(18-23-22-16-4-2-3-8-24(16)18)21-17(25)11-26-15-6-5-12(19)10-13(15)20/h2-6,8,10,14H,7,9,11H2,1H3,(H,21,25)/t14-/m1/s1. The molecule has 0 saturated carbocycles. The summed E-state index contributed by atoms with van der Waals surface area (Å²) in [5.41, 5.74) is 0.736. The molecule has 1 N–H and O–H groups in total. The van der Waals surface area contributed by atoms with Crippen molar-refractivity contribution in [3.05, 3.63) is 58.5 Å². The Morgan fingerprint density at radius 1 is 1.30 bits per heavy atom. The van der Waals surface area contributed by atoms with Gasteiger partial charge in [-0.05, 0) is 48.8 Å². The number of ether oxygens (including phenoxy) is 1. The monoisotopic (exact) mass is 424 g/mol. The van der Waals surface area contributed by atoms with Crippen LogP contribution in [0.4, 0.5) is 0 Å². The number of hydrogen-bond acceptors (Lipinski definition) is 5. The lowest BCUT2D eigenvalue weighted by Crippen LogP contribution is -2.34. The minimum absolute atomic E-state index is 0.159. The van der Waals surface area contributed by atoms with E-state index in [1.807, 2.05) is 35.1 Å². The summed E-state index contributed by atoms with van der Waals surface area (Å²) in [5.74, 6) is 1.71. The second-order valence-corrected chi connectivity index (χ2v) is 7.58. The van der Waals surface area contributed by atoms with Crippen LogP contribution < -0.4 is 10.1 Å². The largest absolute Gasteiger partial charge is 0.482 e. The maximum Gasteiger partial charge on any atom is 0.258 e. The normalized spacial score (nSPS) is 12.1. The smallest absolute Gasteiger partial charge is 0.258 e. The van der Waals surface area contributed by atoms with Crippen LogP contribution in [-0.4, -0.2) is 39.1 Å². The first-order chi connectivity index (χ1) is 13.1. The Balaban J connectivity index is 1.69. The van der Waals surface area contributed by atoms with E-state index in [1.165, 1.54) is 0 Å². The fraction of sp³-hybridized carbons (Fsp3) is 0.278. The fourth-order valence-electron chi connectivity index (χ4n) is 2.57. The molecule has 1 aromatic carbocycles. The number of thioether (sulfide) groups is 1. The van der Waals surface area contributed by atoms with Crippen LogP contribution in [0.5, 0.6) is 5.75 Å². The molecule has 3 aromatic rings. The SMILES string of the molecule is CSCC[C@@H](NC(=O)COc1ccc(Cl)cc1Cl)c1nnc2ccccn12. The molecule has 0 saturated heterocycles. The molecule has 0 aliphatic rings. The number of nitrogens with one attached hydrogen (secondary N) is 1. The first kappa shape index (κ1) is 19.8. The van der Waals surface area contributed by atoms with E-state index in [1.54, 1.807) is 30.0 Å².